The number of morpholine rings is 1. The number of nitrogens with zero attached hydrogens (tertiary/aromatic N) is 1. The number of hydrogen-bond donors (Lipinski definition) is 2. The number of aliphatic hydroxyl groups is 1. The van der Waals surface area contributed by atoms with Gasteiger partial charge >= 0.3 is 5.97 Å². The summed E-state index contributed by atoms with van der Waals surface area (Å²) in [5, 5.41) is 19.9. The lowest BCUT2D eigenvalue weighted by molar-refractivity contribution is -0.136. The molecule has 2 aromatic carbocycles. The van der Waals surface area contributed by atoms with Crippen LogP contribution in [-0.2, 0) is 20.9 Å². The highest BCUT2D eigenvalue weighted by atomic mass is 16.5. The first-order chi connectivity index (χ1) is 18.0. The smallest absolute Gasteiger partial charge is 0.303 e. The van der Waals surface area contributed by atoms with Crippen molar-refractivity contribution in [1.82, 2.24) is 4.90 Å². The van der Waals surface area contributed by atoms with Crippen molar-refractivity contribution in [2.24, 2.45) is 5.92 Å². The topological polar surface area (TPSA) is 88.5 Å². The SMILES string of the molecule is COc1ccc(-c2cccc(CO[C@H]3C[C@@H](O)[C@H](N4CCOCC4)[C@H]3CC/C=C\CCC(=O)O)c2)cc1. The van der Waals surface area contributed by atoms with E-state index in [-0.39, 0.29) is 24.5 Å². The predicted molar refractivity (Wildman–Crippen MR) is 143 cm³/mol. The quantitative estimate of drug-likeness (QED) is 0.407. The van der Waals surface area contributed by atoms with Crippen molar-refractivity contribution in [1.29, 1.82) is 0 Å². The minimum atomic E-state index is -0.777. The molecular formula is C30H39NO6. The third-order valence-electron chi connectivity index (χ3n) is 7.42. The van der Waals surface area contributed by atoms with Crippen LogP contribution in [-0.4, -0.2) is 72.7 Å². The van der Waals surface area contributed by atoms with Crippen molar-refractivity contribution in [2.75, 3.05) is 33.4 Å². The average molecular weight is 510 g/mol. The van der Waals surface area contributed by atoms with Crippen molar-refractivity contribution in [2.45, 2.75) is 57.0 Å². The van der Waals surface area contributed by atoms with Crippen LogP contribution in [0.3, 0.4) is 0 Å². The minimum Gasteiger partial charge on any atom is -0.497 e. The molecule has 0 bridgehead atoms. The zero-order chi connectivity index (χ0) is 26.0. The van der Waals surface area contributed by atoms with Gasteiger partial charge in [-0.3, -0.25) is 9.69 Å². The molecule has 1 saturated heterocycles. The molecule has 37 heavy (non-hydrogen) atoms. The summed E-state index contributed by atoms with van der Waals surface area (Å²) in [6.45, 7) is 3.51. The molecule has 4 atom stereocenters. The van der Waals surface area contributed by atoms with Gasteiger partial charge in [-0.25, -0.2) is 0 Å². The van der Waals surface area contributed by atoms with Gasteiger partial charge in [-0.2, -0.15) is 0 Å². The molecule has 200 valence electrons. The molecule has 1 heterocycles. The molecule has 7 nitrogen and oxygen atoms in total. The summed E-state index contributed by atoms with van der Waals surface area (Å²) in [4.78, 5) is 13.1. The summed E-state index contributed by atoms with van der Waals surface area (Å²) in [6.07, 6.45) is 6.58. The number of allylic oxidation sites excluding steroid dienone is 2. The zero-order valence-corrected chi connectivity index (χ0v) is 21.6. The van der Waals surface area contributed by atoms with E-state index in [9.17, 15) is 9.90 Å². The summed E-state index contributed by atoms with van der Waals surface area (Å²) < 4.78 is 17.3. The van der Waals surface area contributed by atoms with Crippen molar-refractivity contribution in [3.05, 3.63) is 66.2 Å². The maximum atomic E-state index is 11.1. The first kappa shape index (κ1) is 27.3. The number of benzene rings is 2. The van der Waals surface area contributed by atoms with Gasteiger partial charge in [0.2, 0.25) is 0 Å². The van der Waals surface area contributed by atoms with Gasteiger partial charge in [0.05, 0.1) is 39.1 Å². The Morgan fingerprint density at radius 2 is 1.84 bits per heavy atom. The van der Waals surface area contributed by atoms with Crippen LogP contribution in [0.4, 0.5) is 0 Å². The molecule has 4 rings (SSSR count). The maximum absolute atomic E-state index is 11.1. The number of carboxylic acid groups (broad SMARTS) is 1. The number of rotatable bonds is 12. The van der Waals surface area contributed by atoms with Gasteiger partial charge in [0.1, 0.15) is 5.75 Å². The molecule has 0 spiro atoms. The number of ether oxygens (including phenoxy) is 3. The van der Waals surface area contributed by atoms with E-state index in [1.807, 2.05) is 18.2 Å². The van der Waals surface area contributed by atoms with Gasteiger partial charge < -0.3 is 24.4 Å². The second-order valence-electron chi connectivity index (χ2n) is 9.87. The Kier molecular flexibility index (Phi) is 10.1. The van der Waals surface area contributed by atoms with E-state index in [2.05, 4.69) is 47.4 Å². The number of aliphatic hydroxyl groups excluding tert-OH is 1. The minimum absolute atomic E-state index is 0.0418. The highest BCUT2D eigenvalue weighted by molar-refractivity contribution is 5.66. The molecule has 7 heteroatoms. The molecule has 1 saturated carbocycles. The molecule has 0 radical (unpaired) electrons. The van der Waals surface area contributed by atoms with Crippen LogP contribution in [0.2, 0.25) is 0 Å². The third-order valence-corrected chi connectivity index (χ3v) is 7.42. The van der Waals surface area contributed by atoms with Crippen molar-refractivity contribution in [3.63, 3.8) is 0 Å². The summed E-state index contributed by atoms with van der Waals surface area (Å²) >= 11 is 0. The Labute approximate surface area is 219 Å². The molecule has 0 amide bonds. The maximum Gasteiger partial charge on any atom is 0.303 e. The number of hydrogen-bond acceptors (Lipinski definition) is 6. The first-order valence-electron chi connectivity index (χ1n) is 13.3. The van der Waals surface area contributed by atoms with Crippen LogP contribution < -0.4 is 4.74 Å². The molecule has 1 aliphatic heterocycles. The average Bonchev–Trinajstić information content (AvgIpc) is 3.24. The van der Waals surface area contributed by atoms with Gasteiger partial charge in [-0.1, -0.05) is 42.5 Å². The Morgan fingerprint density at radius 3 is 2.57 bits per heavy atom. The molecule has 2 fully saturated rings. The van der Waals surface area contributed by atoms with E-state index in [1.165, 1.54) is 0 Å². The normalized spacial score (nSPS) is 24.5. The van der Waals surface area contributed by atoms with E-state index < -0.39 is 12.1 Å². The second kappa shape index (κ2) is 13.7. The van der Waals surface area contributed by atoms with Crippen molar-refractivity contribution < 1.29 is 29.2 Å². The molecule has 2 aliphatic rings. The van der Waals surface area contributed by atoms with Gasteiger partial charge in [-0.05, 0) is 54.2 Å². The first-order valence-corrected chi connectivity index (χ1v) is 13.3. The standard InChI is InChI=1S/C30H39NO6/c1-35-25-13-11-23(12-14-25)24-8-6-7-22(19-24)21-37-28-20-27(32)30(31-15-17-36-18-16-31)26(28)9-4-2-3-5-10-29(33)34/h2-3,6-8,11-14,19,26-28,30,32H,4-5,9-10,15-18,20-21H2,1H3,(H,33,34)/b3-2-/t26-,27+,28-,30+/m0/s1. The largest absolute Gasteiger partial charge is 0.497 e. The Hall–Kier alpha value is -2.71. The van der Waals surface area contributed by atoms with E-state index in [1.54, 1.807) is 7.11 Å². The Balaban J connectivity index is 1.41. The van der Waals surface area contributed by atoms with Gasteiger partial charge in [0.15, 0.2) is 0 Å². The lowest BCUT2D eigenvalue weighted by Crippen LogP contribution is -2.50. The van der Waals surface area contributed by atoms with E-state index in [0.29, 0.717) is 32.7 Å². The van der Waals surface area contributed by atoms with Crippen LogP contribution in [0, 0.1) is 5.92 Å². The Morgan fingerprint density at radius 1 is 1.08 bits per heavy atom. The second-order valence-corrected chi connectivity index (χ2v) is 9.87. The molecular weight excluding hydrogens is 470 g/mol. The van der Waals surface area contributed by atoms with Crippen LogP contribution in [0.15, 0.2) is 60.7 Å². The lowest BCUT2D eigenvalue weighted by atomic mass is 9.93. The molecule has 2 N–H and O–H groups in total. The van der Waals surface area contributed by atoms with Crippen LogP contribution in [0.25, 0.3) is 11.1 Å². The van der Waals surface area contributed by atoms with Gasteiger partial charge in [0.25, 0.3) is 0 Å². The Bertz CT molecular complexity index is 1020. The highest BCUT2D eigenvalue weighted by Gasteiger charge is 2.45. The third kappa shape index (κ3) is 7.65. The lowest BCUT2D eigenvalue weighted by Gasteiger charge is -2.38. The number of carboxylic acids is 1. The fourth-order valence-electron chi connectivity index (χ4n) is 5.55. The van der Waals surface area contributed by atoms with E-state index in [4.69, 9.17) is 19.3 Å². The van der Waals surface area contributed by atoms with E-state index >= 15 is 0 Å². The van der Waals surface area contributed by atoms with Gasteiger partial charge in [0, 0.05) is 37.9 Å². The summed E-state index contributed by atoms with van der Waals surface area (Å²) in [5.74, 6) is 0.253. The van der Waals surface area contributed by atoms with Crippen LogP contribution in [0.1, 0.15) is 37.7 Å². The number of aliphatic carboxylic acids is 1. The summed E-state index contributed by atoms with van der Waals surface area (Å²) in [7, 11) is 1.67. The number of carbonyl (C=O) groups is 1. The molecule has 2 aromatic rings. The predicted octanol–water partition coefficient (Wildman–Crippen LogP) is 4.53. The highest BCUT2D eigenvalue weighted by Crippen LogP contribution is 2.37. The van der Waals surface area contributed by atoms with Crippen molar-refractivity contribution >= 4 is 5.97 Å². The monoisotopic (exact) mass is 509 g/mol. The van der Waals surface area contributed by atoms with Crippen molar-refractivity contribution in [3.8, 4) is 16.9 Å². The van der Waals surface area contributed by atoms with Crippen LogP contribution in [0.5, 0.6) is 5.75 Å². The summed E-state index contributed by atoms with van der Waals surface area (Å²) in [5.41, 5.74) is 3.35. The molecule has 1 aliphatic carbocycles. The fourth-order valence-corrected chi connectivity index (χ4v) is 5.55. The van der Waals surface area contributed by atoms with Crippen LogP contribution >= 0.6 is 0 Å². The number of methoxy groups -OCH3 is 1. The zero-order valence-electron chi connectivity index (χ0n) is 21.6. The molecule has 0 unspecified atom stereocenters. The fraction of sp³-hybridized carbons (Fsp3) is 0.500. The van der Waals surface area contributed by atoms with E-state index in [0.717, 1.165) is 48.4 Å². The molecule has 0 aromatic heterocycles. The summed E-state index contributed by atoms with van der Waals surface area (Å²) in [6, 6.07) is 16.5. The van der Waals surface area contributed by atoms with Gasteiger partial charge in [-0.15, -0.1) is 0 Å².